The molecule has 1 saturated carbocycles. The second-order valence-electron chi connectivity index (χ2n) is 2.71. The highest BCUT2D eigenvalue weighted by Gasteiger charge is 2.34. The Balaban J connectivity index is 2.57. The summed E-state index contributed by atoms with van der Waals surface area (Å²) in [5.41, 5.74) is 2.21. The van der Waals surface area contributed by atoms with E-state index in [1.165, 1.54) is 6.92 Å². The third-order valence-electron chi connectivity index (χ3n) is 1.62. The lowest BCUT2D eigenvalue weighted by Crippen LogP contribution is -2.46. The molecule has 0 heterocycles. The van der Waals surface area contributed by atoms with Crippen LogP contribution in [0.3, 0.4) is 0 Å². The highest BCUT2D eigenvalue weighted by molar-refractivity contribution is 6.35. The standard InChI is InChI=1S/C7H10N2O3/c1-5(11)7(12)9(8-4-10)6-2-3-6/h4,6H,2-3H2,1H3,(H,8,10). The van der Waals surface area contributed by atoms with Gasteiger partial charge in [-0.05, 0) is 12.8 Å². The molecule has 5 nitrogen and oxygen atoms in total. The molecule has 0 atom stereocenters. The molecule has 1 rings (SSSR count). The molecular weight excluding hydrogens is 160 g/mol. The van der Waals surface area contributed by atoms with E-state index in [4.69, 9.17) is 0 Å². The van der Waals surface area contributed by atoms with Crippen LogP contribution in [0.1, 0.15) is 19.8 Å². The number of ketones is 1. The molecule has 0 aromatic rings. The molecule has 0 saturated heterocycles. The highest BCUT2D eigenvalue weighted by atomic mass is 16.2. The molecule has 0 radical (unpaired) electrons. The number of carbonyl (C=O) groups is 3. The molecule has 66 valence electrons. The minimum atomic E-state index is -0.649. The fourth-order valence-electron chi connectivity index (χ4n) is 0.889. The highest BCUT2D eigenvalue weighted by Crippen LogP contribution is 2.25. The zero-order valence-corrected chi connectivity index (χ0v) is 6.74. The summed E-state index contributed by atoms with van der Waals surface area (Å²) in [5, 5.41) is 1.09. The van der Waals surface area contributed by atoms with Crippen LogP contribution in [0.5, 0.6) is 0 Å². The maximum absolute atomic E-state index is 11.1. The number of hydrazine groups is 1. The van der Waals surface area contributed by atoms with Crippen LogP contribution in [0.25, 0.3) is 0 Å². The Morgan fingerprint density at radius 2 is 2.08 bits per heavy atom. The third kappa shape index (κ3) is 1.81. The van der Waals surface area contributed by atoms with Gasteiger partial charge in [0, 0.05) is 6.92 Å². The van der Waals surface area contributed by atoms with Gasteiger partial charge in [0.15, 0.2) is 0 Å². The largest absolute Gasteiger partial charge is 0.308 e. The zero-order valence-electron chi connectivity index (χ0n) is 6.74. The topological polar surface area (TPSA) is 66.5 Å². The molecule has 0 unspecified atom stereocenters. The molecule has 1 aliphatic carbocycles. The Labute approximate surface area is 69.7 Å². The van der Waals surface area contributed by atoms with Gasteiger partial charge in [-0.3, -0.25) is 19.8 Å². The monoisotopic (exact) mass is 170 g/mol. The Morgan fingerprint density at radius 3 is 2.42 bits per heavy atom. The van der Waals surface area contributed by atoms with Gasteiger partial charge in [-0.2, -0.15) is 0 Å². The van der Waals surface area contributed by atoms with E-state index in [2.05, 4.69) is 5.43 Å². The predicted octanol–water partition coefficient (Wildman–Crippen LogP) is -0.773. The Bertz CT molecular complexity index is 223. The van der Waals surface area contributed by atoms with Gasteiger partial charge < -0.3 is 0 Å². The van der Waals surface area contributed by atoms with Crippen molar-refractivity contribution in [2.75, 3.05) is 0 Å². The van der Waals surface area contributed by atoms with Crippen molar-refractivity contribution in [2.24, 2.45) is 0 Å². The number of nitrogens with one attached hydrogen (secondary N) is 1. The first-order chi connectivity index (χ1) is 5.66. The molecule has 0 spiro atoms. The van der Waals surface area contributed by atoms with E-state index in [9.17, 15) is 14.4 Å². The maximum atomic E-state index is 11.1. The van der Waals surface area contributed by atoms with Crippen molar-refractivity contribution in [1.29, 1.82) is 0 Å². The van der Waals surface area contributed by atoms with Gasteiger partial charge in [-0.15, -0.1) is 0 Å². The average Bonchev–Trinajstić information content (AvgIpc) is 2.81. The number of hydrogen-bond donors (Lipinski definition) is 1. The summed E-state index contributed by atoms with van der Waals surface area (Å²) in [4.78, 5) is 31.8. The summed E-state index contributed by atoms with van der Waals surface area (Å²) >= 11 is 0. The summed E-state index contributed by atoms with van der Waals surface area (Å²) in [6.07, 6.45) is 2.10. The van der Waals surface area contributed by atoms with Crippen LogP contribution in [0.2, 0.25) is 0 Å². The van der Waals surface area contributed by atoms with E-state index in [1.54, 1.807) is 0 Å². The Morgan fingerprint density at radius 1 is 1.50 bits per heavy atom. The normalized spacial score (nSPS) is 15.1. The first-order valence-electron chi connectivity index (χ1n) is 3.70. The lowest BCUT2D eigenvalue weighted by atomic mass is 10.4. The summed E-state index contributed by atoms with van der Waals surface area (Å²) in [7, 11) is 0. The van der Waals surface area contributed by atoms with Gasteiger partial charge in [-0.1, -0.05) is 0 Å². The zero-order chi connectivity index (χ0) is 9.14. The van der Waals surface area contributed by atoms with E-state index < -0.39 is 11.7 Å². The van der Waals surface area contributed by atoms with Crippen molar-refractivity contribution in [2.45, 2.75) is 25.8 Å². The number of hydrogen-bond acceptors (Lipinski definition) is 3. The smallest absolute Gasteiger partial charge is 0.289 e. The van der Waals surface area contributed by atoms with Crippen molar-refractivity contribution in [3.63, 3.8) is 0 Å². The molecule has 0 bridgehead atoms. The van der Waals surface area contributed by atoms with Gasteiger partial charge in [0.05, 0.1) is 6.04 Å². The van der Waals surface area contributed by atoms with Gasteiger partial charge >= 0.3 is 5.91 Å². The fraction of sp³-hybridized carbons (Fsp3) is 0.571. The van der Waals surface area contributed by atoms with Gasteiger partial charge in [0.1, 0.15) is 0 Å². The van der Waals surface area contributed by atoms with E-state index >= 15 is 0 Å². The lowest BCUT2D eigenvalue weighted by Gasteiger charge is -2.18. The predicted molar refractivity (Wildman–Crippen MR) is 39.7 cm³/mol. The van der Waals surface area contributed by atoms with Crippen LogP contribution in [0.4, 0.5) is 0 Å². The van der Waals surface area contributed by atoms with Crippen molar-refractivity contribution in [3.05, 3.63) is 0 Å². The Kier molecular flexibility index (Phi) is 2.42. The third-order valence-corrected chi connectivity index (χ3v) is 1.62. The van der Waals surface area contributed by atoms with Crippen LogP contribution in [0, 0.1) is 0 Å². The maximum Gasteiger partial charge on any atom is 0.308 e. The minimum Gasteiger partial charge on any atom is -0.289 e. The Hall–Kier alpha value is -1.39. The average molecular weight is 170 g/mol. The fourth-order valence-corrected chi connectivity index (χ4v) is 0.889. The molecular formula is C7H10N2O3. The van der Waals surface area contributed by atoms with Crippen molar-refractivity contribution in [3.8, 4) is 0 Å². The summed E-state index contributed by atoms with van der Waals surface area (Å²) in [6, 6.07) is 0.0200. The lowest BCUT2D eigenvalue weighted by molar-refractivity contribution is -0.147. The van der Waals surface area contributed by atoms with Crippen LogP contribution in [-0.4, -0.2) is 29.2 Å². The molecule has 0 aromatic heterocycles. The van der Waals surface area contributed by atoms with Crippen LogP contribution in [0.15, 0.2) is 0 Å². The van der Waals surface area contributed by atoms with Crippen molar-refractivity contribution in [1.82, 2.24) is 10.4 Å². The summed E-state index contributed by atoms with van der Waals surface area (Å²) in [6.45, 7) is 1.18. The van der Waals surface area contributed by atoms with Gasteiger partial charge in [-0.25, -0.2) is 5.01 Å². The number of carbonyl (C=O) groups excluding carboxylic acids is 3. The van der Waals surface area contributed by atoms with Crippen molar-refractivity contribution < 1.29 is 14.4 Å². The second kappa shape index (κ2) is 3.34. The van der Waals surface area contributed by atoms with E-state index in [0.717, 1.165) is 17.9 Å². The molecule has 1 fully saturated rings. The quantitative estimate of drug-likeness (QED) is 0.342. The molecule has 2 amide bonds. The number of amides is 2. The van der Waals surface area contributed by atoms with Gasteiger partial charge in [0.2, 0.25) is 12.2 Å². The molecule has 0 aliphatic heterocycles. The van der Waals surface area contributed by atoms with Crippen LogP contribution >= 0.6 is 0 Å². The molecule has 0 aromatic carbocycles. The second-order valence-corrected chi connectivity index (χ2v) is 2.71. The summed E-state index contributed by atoms with van der Waals surface area (Å²) < 4.78 is 0. The summed E-state index contributed by atoms with van der Waals surface area (Å²) in [5.74, 6) is -1.21. The molecule has 1 aliphatic rings. The SMILES string of the molecule is CC(=O)C(=O)N(NC=O)C1CC1. The minimum absolute atomic E-state index is 0.0200. The molecule has 1 N–H and O–H groups in total. The number of Topliss-reactive ketones (excluding diaryl/α,β-unsaturated/α-hetero) is 1. The van der Waals surface area contributed by atoms with Gasteiger partial charge in [0.25, 0.3) is 0 Å². The van der Waals surface area contributed by atoms with E-state index in [0.29, 0.717) is 6.41 Å². The van der Waals surface area contributed by atoms with Crippen molar-refractivity contribution >= 4 is 18.1 Å². The molecule has 12 heavy (non-hydrogen) atoms. The first kappa shape index (κ1) is 8.70. The first-order valence-corrected chi connectivity index (χ1v) is 3.70. The van der Waals surface area contributed by atoms with E-state index in [1.807, 2.05) is 0 Å². The molecule has 5 heteroatoms. The number of nitrogens with zero attached hydrogens (tertiary/aromatic N) is 1. The van der Waals surface area contributed by atoms with Crippen LogP contribution < -0.4 is 5.43 Å². The van der Waals surface area contributed by atoms with E-state index in [-0.39, 0.29) is 6.04 Å². The number of rotatable bonds is 4. The van der Waals surface area contributed by atoms with Crippen LogP contribution in [-0.2, 0) is 14.4 Å².